The van der Waals surface area contributed by atoms with E-state index in [4.69, 9.17) is 0 Å². The first-order valence-corrected chi connectivity index (χ1v) is 7.78. The van der Waals surface area contributed by atoms with E-state index in [-0.39, 0.29) is 5.41 Å². The Morgan fingerprint density at radius 3 is 1.86 bits per heavy atom. The van der Waals surface area contributed by atoms with Gasteiger partial charge in [0.05, 0.1) is 0 Å². The van der Waals surface area contributed by atoms with E-state index < -0.39 is 0 Å². The fraction of sp³-hybridized carbons (Fsp3) is 0.273. The molecule has 0 aromatic heterocycles. The lowest BCUT2D eigenvalue weighted by Crippen LogP contribution is -2.10. The summed E-state index contributed by atoms with van der Waals surface area (Å²) in [5.74, 6) is 0. The number of hydrogen-bond donors (Lipinski definition) is 0. The van der Waals surface area contributed by atoms with E-state index in [1.165, 1.54) is 16.7 Å². The topological polar surface area (TPSA) is 0 Å². The van der Waals surface area contributed by atoms with Gasteiger partial charge in [0.2, 0.25) is 0 Å². The lowest BCUT2D eigenvalue weighted by atomic mass is 9.86. The predicted molar refractivity (Wildman–Crippen MR) is 101 cm³/mol. The van der Waals surface area contributed by atoms with Crippen LogP contribution in [0.15, 0.2) is 67.3 Å². The molecular formula is C22H28. The zero-order valence-corrected chi connectivity index (χ0v) is 14.6. The lowest BCUT2D eigenvalue weighted by Gasteiger charge is -2.19. The summed E-state index contributed by atoms with van der Waals surface area (Å²) in [6.07, 6.45) is 4.12. The SMILES string of the molecule is C=C(C)c1ccc(C(C)(C)C)cc1.CC=Cc1ccccc1. The molecule has 2 rings (SSSR count). The van der Waals surface area contributed by atoms with Crippen molar-refractivity contribution in [3.63, 3.8) is 0 Å². The Bertz CT molecular complexity index is 593. The van der Waals surface area contributed by atoms with E-state index in [0.717, 1.165) is 5.57 Å². The molecule has 2 aromatic carbocycles. The second kappa shape index (κ2) is 8.38. The molecule has 2 aromatic rings. The van der Waals surface area contributed by atoms with Gasteiger partial charge in [-0.25, -0.2) is 0 Å². The summed E-state index contributed by atoms with van der Waals surface area (Å²) in [6, 6.07) is 18.9. The molecule has 0 N–H and O–H groups in total. The summed E-state index contributed by atoms with van der Waals surface area (Å²) in [7, 11) is 0. The lowest BCUT2D eigenvalue weighted by molar-refractivity contribution is 0.590. The summed E-state index contributed by atoms with van der Waals surface area (Å²) >= 11 is 0. The molecule has 0 unspecified atom stereocenters. The molecule has 0 saturated heterocycles. The predicted octanol–water partition coefficient (Wildman–Crippen LogP) is 6.74. The maximum Gasteiger partial charge on any atom is -0.0132 e. The van der Waals surface area contributed by atoms with Crippen molar-refractivity contribution in [3.8, 4) is 0 Å². The molecule has 0 aliphatic rings. The van der Waals surface area contributed by atoms with Gasteiger partial charge in [-0.2, -0.15) is 0 Å². The number of hydrogen-bond acceptors (Lipinski definition) is 0. The van der Waals surface area contributed by atoms with Crippen molar-refractivity contribution in [2.24, 2.45) is 0 Å². The van der Waals surface area contributed by atoms with Gasteiger partial charge in [0.15, 0.2) is 0 Å². The quantitative estimate of drug-likeness (QED) is 0.575. The summed E-state index contributed by atoms with van der Waals surface area (Å²) in [4.78, 5) is 0. The van der Waals surface area contributed by atoms with Crippen molar-refractivity contribution in [2.75, 3.05) is 0 Å². The van der Waals surface area contributed by atoms with E-state index in [9.17, 15) is 0 Å². The van der Waals surface area contributed by atoms with Crippen LogP contribution in [0.2, 0.25) is 0 Å². The second-order valence-corrected chi connectivity index (χ2v) is 6.52. The molecule has 0 bridgehead atoms. The Morgan fingerprint density at radius 1 is 0.909 bits per heavy atom. The zero-order chi connectivity index (χ0) is 16.6. The minimum Gasteiger partial charge on any atom is -0.0955 e. The Balaban J connectivity index is 0.000000235. The van der Waals surface area contributed by atoms with Crippen LogP contribution in [-0.2, 0) is 5.41 Å². The molecule has 116 valence electrons. The fourth-order valence-corrected chi connectivity index (χ4v) is 2.01. The Kier molecular flexibility index (Phi) is 6.85. The van der Waals surface area contributed by atoms with Gasteiger partial charge in [-0.15, -0.1) is 0 Å². The van der Waals surface area contributed by atoms with E-state index in [0.29, 0.717) is 0 Å². The molecule has 0 amide bonds. The zero-order valence-electron chi connectivity index (χ0n) is 14.6. The van der Waals surface area contributed by atoms with Crippen molar-refractivity contribution >= 4 is 11.6 Å². The van der Waals surface area contributed by atoms with Crippen molar-refractivity contribution in [1.29, 1.82) is 0 Å². The van der Waals surface area contributed by atoms with Gasteiger partial charge in [-0.1, -0.05) is 99.7 Å². The van der Waals surface area contributed by atoms with E-state index in [1.54, 1.807) is 0 Å². The fourth-order valence-electron chi connectivity index (χ4n) is 2.01. The number of rotatable bonds is 2. The van der Waals surface area contributed by atoms with Gasteiger partial charge in [0.1, 0.15) is 0 Å². The van der Waals surface area contributed by atoms with Crippen LogP contribution in [0.3, 0.4) is 0 Å². The number of allylic oxidation sites excluding steroid dienone is 2. The molecule has 0 fully saturated rings. The molecular weight excluding hydrogens is 264 g/mol. The smallest absolute Gasteiger partial charge is 0.0132 e. The van der Waals surface area contributed by atoms with Crippen molar-refractivity contribution in [1.82, 2.24) is 0 Å². The molecule has 0 heteroatoms. The molecule has 22 heavy (non-hydrogen) atoms. The van der Waals surface area contributed by atoms with Gasteiger partial charge >= 0.3 is 0 Å². The van der Waals surface area contributed by atoms with E-state index in [2.05, 4.69) is 69.8 Å². The third kappa shape index (κ3) is 6.13. The first-order chi connectivity index (χ1) is 10.3. The maximum atomic E-state index is 3.92. The summed E-state index contributed by atoms with van der Waals surface area (Å²) in [6.45, 7) is 14.6. The molecule has 0 saturated carbocycles. The molecule has 0 aliphatic heterocycles. The van der Waals surface area contributed by atoms with Gasteiger partial charge in [-0.3, -0.25) is 0 Å². The highest BCUT2D eigenvalue weighted by Gasteiger charge is 2.12. The first-order valence-electron chi connectivity index (χ1n) is 7.78. The molecule has 0 atom stereocenters. The van der Waals surface area contributed by atoms with Gasteiger partial charge in [0.25, 0.3) is 0 Å². The molecule has 0 radical (unpaired) electrons. The molecule has 0 heterocycles. The van der Waals surface area contributed by atoms with Crippen molar-refractivity contribution in [2.45, 2.75) is 40.0 Å². The monoisotopic (exact) mass is 292 g/mol. The highest BCUT2D eigenvalue weighted by Crippen LogP contribution is 2.23. The second-order valence-electron chi connectivity index (χ2n) is 6.52. The third-order valence-corrected chi connectivity index (χ3v) is 3.40. The summed E-state index contributed by atoms with van der Waals surface area (Å²) in [5.41, 5.74) is 5.24. The summed E-state index contributed by atoms with van der Waals surface area (Å²) < 4.78 is 0. The Hall–Kier alpha value is -2.08. The largest absolute Gasteiger partial charge is 0.0955 e. The van der Waals surface area contributed by atoms with E-state index >= 15 is 0 Å². The standard InChI is InChI=1S/C13H18.C9H10/c1-10(2)11-6-8-12(9-7-11)13(3,4)5;1-2-6-9-7-4-3-5-8-9/h6-9H,1H2,2-5H3;2-8H,1H3. The van der Waals surface area contributed by atoms with Gasteiger partial charge < -0.3 is 0 Å². The highest BCUT2D eigenvalue weighted by molar-refractivity contribution is 5.61. The highest BCUT2D eigenvalue weighted by atomic mass is 14.2. The van der Waals surface area contributed by atoms with Crippen LogP contribution < -0.4 is 0 Å². The van der Waals surface area contributed by atoms with Crippen LogP contribution in [0.5, 0.6) is 0 Å². The molecule has 0 nitrogen and oxygen atoms in total. The molecule has 0 aliphatic carbocycles. The Labute approximate surface area is 136 Å². The van der Waals surface area contributed by atoms with Gasteiger partial charge in [0, 0.05) is 0 Å². The molecule has 0 spiro atoms. The minimum atomic E-state index is 0.244. The van der Waals surface area contributed by atoms with Crippen LogP contribution in [0.1, 0.15) is 51.3 Å². The average molecular weight is 292 g/mol. The normalized spacial score (nSPS) is 11.0. The van der Waals surface area contributed by atoms with Crippen molar-refractivity contribution < 1.29 is 0 Å². The Morgan fingerprint density at radius 2 is 1.45 bits per heavy atom. The average Bonchev–Trinajstić information content (AvgIpc) is 2.48. The minimum absolute atomic E-state index is 0.244. The summed E-state index contributed by atoms with van der Waals surface area (Å²) in [5, 5.41) is 0. The van der Waals surface area contributed by atoms with Crippen LogP contribution >= 0.6 is 0 Å². The van der Waals surface area contributed by atoms with Crippen LogP contribution in [-0.4, -0.2) is 0 Å². The van der Waals surface area contributed by atoms with Crippen LogP contribution in [0.25, 0.3) is 11.6 Å². The van der Waals surface area contributed by atoms with Crippen molar-refractivity contribution in [3.05, 3.63) is 83.9 Å². The van der Waals surface area contributed by atoms with Crippen LogP contribution in [0, 0.1) is 0 Å². The van der Waals surface area contributed by atoms with E-state index in [1.807, 2.05) is 38.1 Å². The number of benzene rings is 2. The first kappa shape index (κ1) is 18.0. The van der Waals surface area contributed by atoms with Gasteiger partial charge in [-0.05, 0) is 36.0 Å². The van der Waals surface area contributed by atoms with Crippen LogP contribution in [0.4, 0.5) is 0 Å². The third-order valence-electron chi connectivity index (χ3n) is 3.40. The maximum absolute atomic E-state index is 3.92.